The lowest BCUT2D eigenvalue weighted by Crippen LogP contribution is -2.31. The molecule has 0 aliphatic heterocycles. The van der Waals surface area contributed by atoms with Crippen LogP contribution in [0.2, 0.25) is 10.0 Å². The summed E-state index contributed by atoms with van der Waals surface area (Å²) in [7, 11) is 0. The molecule has 0 bridgehead atoms. The second-order valence-electron chi connectivity index (χ2n) is 4.89. The summed E-state index contributed by atoms with van der Waals surface area (Å²) in [5.41, 5.74) is 0.310. The molecule has 1 aromatic rings. The summed E-state index contributed by atoms with van der Waals surface area (Å²) in [6.45, 7) is 6.04. The highest BCUT2D eigenvalue weighted by Crippen LogP contribution is 2.23. The Morgan fingerprint density at radius 1 is 1.28 bits per heavy atom. The molecule has 0 spiro atoms. The number of halogens is 2. The Balaban J connectivity index is 2.45. The van der Waals surface area contributed by atoms with E-state index in [1.165, 1.54) is 0 Å². The molecular weight excluding hydrogens is 273 g/mol. The summed E-state index contributed by atoms with van der Waals surface area (Å²) >= 11 is 12.0. The van der Waals surface area contributed by atoms with E-state index in [9.17, 15) is 4.79 Å². The van der Waals surface area contributed by atoms with Crippen molar-refractivity contribution in [1.29, 1.82) is 0 Å². The van der Waals surface area contributed by atoms with E-state index >= 15 is 0 Å². The van der Waals surface area contributed by atoms with Gasteiger partial charge in [0.05, 0.1) is 6.54 Å². The van der Waals surface area contributed by atoms with E-state index in [1.807, 2.05) is 20.8 Å². The van der Waals surface area contributed by atoms with Crippen LogP contribution in [-0.4, -0.2) is 18.1 Å². The van der Waals surface area contributed by atoms with Crippen molar-refractivity contribution < 1.29 is 9.53 Å². The first kappa shape index (κ1) is 15.3. The SMILES string of the molecule is CC(C)(C)OC(=O)CNCc1c(Cl)cccc1Cl. The van der Waals surface area contributed by atoms with E-state index in [1.54, 1.807) is 18.2 Å². The van der Waals surface area contributed by atoms with Crippen molar-refractivity contribution in [3.8, 4) is 0 Å². The molecule has 1 N–H and O–H groups in total. The summed E-state index contributed by atoms with van der Waals surface area (Å²) in [4.78, 5) is 11.5. The van der Waals surface area contributed by atoms with Gasteiger partial charge in [-0.25, -0.2) is 0 Å². The van der Waals surface area contributed by atoms with Gasteiger partial charge in [-0.2, -0.15) is 0 Å². The Labute approximate surface area is 117 Å². The maximum absolute atomic E-state index is 11.5. The van der Waals surface area contributed by atoms with Gasteiger partial charge in [-0.3, -0.25) is 4.79 Å². The van der Waals surface area contributed by atoms with E-state index in [2.05, 4.69) is 5.32 Å². The molecule has 0 aromatic heterocycles. The van der Waals surface area contributed by atoms with Gasteiger partial charge in [-0.05, 0) is 32.9 Å². The molecule has 0 atom stereocenters. The van der Waals surface area contributed by atoms with E-state index < -0.39 is 5.60 Å². The van der Waals surface area contributed by atoms with Gasteiger partial charge in [0.1, 0.15) is 5.60 Å². The minimum atomic E-state index is -0.471. The second kappa shape index (κ2) is 6.41. The number of hydrogen-bond acceptors (Lipinski definition) is 3. The van der Waals surface area contributed by atoms with Crippen LogP contribution in [0.5, 0.6) is 0 Å². The van der Waals surface area contributed by atoms with Crippen molar-refractivity contribution in [1.82, 2.24) is 5.32 Å². The molecular formula is C13H17Cl2NO2. The predicted molar refractivity (Wildman–Crippen MR) is 74.0 cm³/mol. The molecule has 1 rings (SSSR count). The second-order valence-corrected chi connectivity index (χ2v) is 5.70. The molecule has 0 unspecified atom stereocenters. The monoisotopic (exact) mass is 289 g/mol. The van der Waals surface area contributed by atoms with E-state index in [0.29, 0.717) is 16.6 Å². The molecule has 100 valence electrons. The molecule has 0 aliphatic rings. The van der Waals surface area contributed by atoms with E-state index in [0.717, 1.165) is 5.56 Å². The predicted octanol–water partition coefficient (Wildman–Crippen LogP) is 3.42. The molecule has 18 heavy (non-hydrogen) atoms. The van der Waals surface area contributed by atoms with Gasteiger partial charge in [0.25, 0.3) is 0 Å². The number of hydrogen-bond donors (Lipinski definition) is 1. The van der Waals surface area contributed by atoms with Crippen LogP contribution in [0.25, 0.3) is 0 Å². The standard InChI is InChI=1S/C13H17Cl2NO2/c1-13(2,3)18-12(17)8-16-7-9-10(14)5-4-6-11(9)15/h4-6,16H,7-8H2,1-3H3. The quantitative estimate of drug-likeness (QED) is 0.863. The minimum Gasteiger partial charge on any atom is -0.459 e. The maximum atomic E-state index is 11.5. The summed E-state index contributed by atoms with van der Waals surface area (Å²) < 4.78 is 5.17. The van der Waals surface area contributed by atoms with Crippen LogP contribution in [0.4, 0.5) is 0 Å². The Hall–Kier alpha value is -0.770. The number of rotatable bonds is 4. The summed E-state index contributed by atoms with van der Waals surface area (Å²) in [6, 6.07) is 5.30. The first-order valence-electron chi connectivity index (χ1n) is 5.65. The molecule has 0 fully saturated rings. The van der Waals surface area contributed by atoms with Crippen molar-refractivity contribution in [2.45, 2.75) is 32.9 Å². The van der Waals surface area contributed by atoms with E-state index in [4.69, 9.17) is 27.9 Å². The Morgan fingerprint density at radius 2 is 1.83 bits per heavy atom. The lowest BCUT2D eigenvalue weighted by atomic mass is 10.2. The zero-order chi connectivity index (χ0) is 13.8. The van der Waals surface area contributed by atoms with Crippen LogP contribution in [0, 0.1) is 0 Å². The lowest BCUT2D eigenvalue weighted by molar-refractivity contribution is -0.153. The molecule has 1 aromatic carbocycles. The molecule has 0 heterocycles. The highest BCUT2D eigenvalue weighted by atomic mass is 35.5. The lowest BCUT2D eigenvalue weighted by Gasteiger charge is -2.19. The zero-order valence-corrected chi connectivity index (χ0v) is 12.2. The van der Waals surface area contributed by atoms with Crippen LogP contribution in [-0.2, 0) is 16.1 Å². The first-order chi connectivity index (χ1) is 8.29. The Bertz CT molecular complexity index is 407. The fraction of sp³-hybridized carbons (Fsp3) is 0.462. The molecule has 0 radical (unpaired) electrons. The molecule has 0 amide bonds. The summed E-state index contributed by atoms with van der Waals surface area (Å²) in [5, 5.41) is 4.13. The number of ether oxygens (including phenoxy) is 1. The minimum absolute atomic E-state index is 0.124. The normalized spacial score (nSPS) is 11.4. The molecule has 0 aliphatic carbocycles. The highest BCUT2D eigenvalue weighted by molar-refractivity contribution is 6.35. The van der Waals surface area contributed by atoms with Gasteiger partial charge in [-0.15, -0.1) is 0 Å². The van der Waals surface area contributed by atoms with Crippen LogP contribution < -0.4 is 5.32 Å². The average Bonchev–Trinajstić information content (AvgIpc) is 2.19. The van der Waals surface area contributed by atoms with Gasteiger partial charge in [0.15, 0.2) is 0 Å². The van der Waals surface area contributed by atoms with E-state index in [-0.39, 0.29) is 12.5 Å². The van der Waals surface area contributed by atoms with Crippen LogP contribution in [0.1, 0.15) is 26.3 Å². The number of benzene rings is 1. The van der Waals surface area contributed by atoms with Crippen LogP contribution >= 0.6 is 23.2 Å². The van der Waals surface area contributed by atoms with Crippen molar-refractivity contribution in [2.24, 2.45) is 0 Å². The van der Waals surface area contributed by atoms with Gasteiger partial charge in [0.2, 0.25) is 0 Å². The van der Waals surface area contributed by atoms with Crippen LogP contribution in [0.3, 0.4) is 0 Å². The zero-order valence-electron chi connectivity index (χ0n) is 10.7. The van der Waals surface area contributed by atoms with Crippen molar-refractivity contribution in [3.05, 3.63) is 33.8 Å². The summed E-state index contributed by atoms with van der Waals surface area (Å²) in [5.74, 6) is -0.300. The third-order valence-corrected chi connectivity index (χ3v) is 2.76. The fourth-order valence-corrected chi connectivity index (χ4v) is 1.90. The highest BCUT2D eigenvalue weighted by Gasteiger charge is 2.15. The van der Waals surface area contributed by atoms with Crippen molar-refractivity contribution >= 4 is 29.2 Å². The Kier molecular flexibility index (Phi) is 5.45. The third-order valence-electron chi connectivity index (χ3n) is 2.05. The third kappa shape index (κ3) is 5.25. The number of nitrogens with one attached hydrogen (secondary N) is 1. The van der Waals surface area contributed by atoms with Crippen LogP contribution in [0.15, 0.2) is 18.2 Å². The average molecular weight is 290 g/mol. The smallest absolute Gasteiger partial charge is 0.320 e. The van der Waals surface area contributed by atoms with Gasteiger partial charge in [0, 0.05) is 22.2 Å². The van der Waals surface area contributed by atoms with Gasteiger partial charge in [-0.1, -0.05) is 29.3 Å². The molecule has 5 heteroatoms. The Morgan fingerprint density at radius 3 is 2.33 bits per heavy atom. The fourth-order valence-electron chi connectivity index (χ4n) is 1.37. The molecule has 0 saturated carbocycles. The molecule has 0 saturated heterocycles. The topological polar surface area (TPSA) is 38.3 Å². The number of esters is 1. The summed E-state index contributed by atoms with van der Waals surface area (Å²) in [6.07, 6.45) is 0. The van der Waals surface area contributed by atoms with Crippen molar-refractivity contribution in [3.63, 3.8) is 0 Å². The van der Waals surface area contributed by atoms with Crippen molar-refractivity contribution in [2.75, 3.05) is 6.54 Å². The first-order valence-corrected chi connectivity index (χ1v) is 6.40. The van der Waals surface area contributed by atoms with Gasteiger partial charge >= 0.3 is 5.97 Å². The number of carbonyl (C=O) groups is 1. The number of carbonyl (C=O) groups excluding carboxylic acids is 1. The maximum Gasteiger partial charge on any atom is 0.320 e. The van der Waals surface area contributed by atoms with Gasteiger partial charge < -0.3 is 10.1 Å². The molecule has 3 nitrogen and oxygen atoms in total. The largest absolute Gasteiger partial charge is 0.459 e.